The maximum Gasteiger partial charge on any atom is 0.222 e. The summed E-state index contributed by atoms with van der Waals surface area (Å²) in [4.78, 5) is 28.7. The average Bonchev–Trinajstić information content (AvgIpc) is 2.94. The second kappa shape index (κ2) is 6.61. The summed E-state index contributed by atoms with van der Waals surface area (Å²) in [6, 6.07) is 0. The van der Waals surface area contributed by atoms with Crippen LogP contribution in [0.2, 0.25) is 0 Å². The number of likely N-dealkylation sites (tertiary alicyclic amines) is 1. The largest absolute Gasteiger partial charge is 0.343 e. The van der Waals surface area contributed by atoms with Crippen molar-refractivity contribution in [2.75, 3.05) is 13.1 Å². The topological polar surface area (TPSA) is 50.3 Å². The number of hydrogen-bond acceptors (Lipinski definition) is 4. The SMILES string of the molecule is C=CCCC(=O)N1CCC(c2nc(C=O)cs2)CC1. The molecule has 0 aromatic carbocycles. The highest BCUT2D eigenvalue weighted by Crippen LogP contribution is 2.30. The van der Waals surface area contributed by atoms with E-state index in [1.54, 1.807) is 22.8 Å². The normalized spacial score (nSPS) is 16.3. The third-order valence-electron chi connectivity index (χ3n) is 3.42. The smallest absolute Gasteiger partial charge is 0.222 e. The molecule has 1 aliphatic heterocycles. The third-order valence-corrected chi connectivity index (χ3v) is 4.45. The van der Waals surface area contributed by atoms with Crippen LogP contribution in [-0.2, 0) is 4.79 Å². The van der Waals surface area contributed by atoms with Crippen LogP contribution in [0.25, 0.3) is 0 Å². The maximum atomic E-state index is 11.9. The van der Waals surface area contributed by atoms with Crippen molar-refractivity contribution in [3.05, 3.63) is 28.7 Å². The summed E-state index contributed by atoms with van der Waals surface area (Å²) >= 11 is 1.55. The van der Waals surface area contributed by atoms with Crippen molar-refractivity contribution < 1.29 is 9.59 Å². The van der Waals surface area contributed by atoms with Crippen molar-refractivity contribution in [1.29, 1.82) is 0 Å². The predicted octanol–water partition coefficient (Wildman–Crippen LogP) is 2.63. The first kappa shape index (κ1) is 13.9. The van der Waals surface area contributed by atoms with Gasteiger partial charge in [0.1, 0.15) is 5.69 Å². The van der Waals surface area contributed by atoms with Gasteiger partial charge in [0.05, 0.1) is 5.01 Å². The molecule has 1 aliphatic rings. The van der Waals surface area contributed by atoms with Crippen LogP contribution in [0.4, 0.5) is 0 Å². The van der Waals surface area contributed by atoms with Crippen LogP contribution in [0, 0.1) is 0 Å². The first-order chi connectivity index (χ1) is 9.24. The summed E-state index contributed by atoms with van der Waals surface area (Å²) in [6.45, 7) is 5.21. The lowest BCUT2D eigenvalue weighted by Crippen LogP contribution is -2.37. The molecule has 0 radical (unpaired) electrons. The number of piperidine rings is 1. The highest BCUT2D eigenvalue weighted by atomic mass is 32.1. The molecule has 5 heteroatoms. The lowest BCUT2D eigenvalue weighted by atomic mass is 9.97. The highest BCUT2D eigenvalue weighted by Gasteiger charge is 2.25. The van der Waals surface area contributed by atoms with Gasteiger partial charge in [-0.1, -0.05) is 6.08 Å². The molecule has 0 saturated carbocycles. The second-order valence-electron chi connectivity index (χ2n) is 4.71. The molecule has 2 heterocycles. The lowest BCUT2D eigenvalue weighted by molar-refractivity contribution is -0.132. The molecule has 0 atom stereocenters. The zero-order chi connectivity index (χ0) is 13.7. The van der Waals surface area contributed by atoms with Crippen LogP contribution in [0.1, 0.15) is 47.1 Å². The minimum absolute atomic E-state index is 0.214. The molecule has 1 amide bonds. The van der Waals surface area contributed by atoms with Crippen molar-refractivity contribution in [2.45, 2.75) is 31.6 Å². The molecule has 0 spiro atoms. The van der Waals surface area contributed by atoms with E-state index in [2.05, 4.69) is 11.6 Å². The maximum absolute atomic E-state index is 11.9. The van der Waals surface area contributed by atoms with E-state index in [1.165, 1.54) is 0 Å². The Hall–Kier alpha value is -1.49. The van der Waals surface area contributed by atoms with Gasteiger partial charge in [0, 0.05) is 30.8 Å². The monoisotopic (exact) mass is 278 g/mol. The fourth-order valence-corrected chi connectivity index (χ4v) is 3.24. The number of thiazole rings is 1. The first-order valence-electron chi connectivity index (χ1n) is 6.54. The van der Waals surface area contributed by atoms with Crippen molar-refractivity contribution >= 4 is 23.5 Å². The van der Waals surface area contributed by atoms with Crippen LogP contribution in [0.3, 0.4) is 0 Å². The Bertz CT molecular complexity index is 462. The van der Waals surface area contributed by atoms with Gasteiger partial charge in [0.25, 0.3) is 0 Å². The third kappa shape index (κ3) is 3.50. The molecule has 4 nitrogen and oxygen atoms in total. The molecule has 2 rings (SSSR count). The van der Waals surface area contributed by atoms with Gasteiger partial charge in [0.15, 0.2) is 6.29 Å². The Morgan fingerprint density at radius 2 is 2.26 bits per heavy atom. The van der Waals surface area contributed by atoms with Crippen LogP contribution >= 0.6 is 11.3 Å². The minimum Gasteiger partial charge on any atom is -0.343 e. The standard InChI is InChI=1S/C14H18N2O2S/c1-2-3-4-13(18)16-7-5-11(6-8-16)14-15-12(9-17)10-19-14/h2,9-11H,1,3-8H2. The number of rotatable bonds is 5. The Labute approximate surface area is 117 Å². The van der Waals surface area contributed by atoms with Crippen molar-refractivity contribution in [2.24, 2.45) is 0 Å². The van der Waals surface area contributed by atoms with E-state index >= 15 is 0 Å². The van der Waals surface area contributed by atoms with Crippen molar-refractivity contribution in [3.8, 4) is 0 Å². The molecule has 1 saturated heterocycles. The van der Waals surface area contributed by atoms with E-state index in [0.717, 1.165) is 43.6 Å². The molecule has 1 aromatic rings. The van der Waals surface area contributed by atoms with Crippen LogP contribution in [-0.4, -0.2) is 35.2 Å². The van der Waals surface area contributed by atoms with Gasteiger partial charge in [0.2, 0.25) is 5.91 Å². The zero-order valence-corrected chi connectivity index (χ0v) is 11.7. The first-order valence-corrected chi connectivity index (χ1v) is 7.42. The number of hydrogen-bond donors (Lipinski definition) is 0. The van der Waals surface area contributed by atoms with E-state index in [9.17, 15) is 9.59 Å². The van der Waals surface area contributed by atoms with Gasteiger partial charge in [-0.25, -0.2) is 4.98 Å². The minimum atomic E-state index is 0.214. The van der Waals surface area contributed by atoms with E-state index in [4.69, 9.17) is 0 Å². The fourth-order valence-electron chi connectivity index (χ4n) is 2.30. The van der Waals surface area contributed by atoms with Gasteiger partial charge in [-0.15, -0.1) is 17.9 Å². The molecular formula is C14H18N2O2S. The van der Waals surface area contributed by atoms with Crippen LogP contribution in [0.15, 0.2) is 18.0 Å². The number of nitrogens with zero attached hydrogens (tertiary/aromatic N) is 2. The molecule has 1 fully saturated rings. The Kier molecular flexibility index (Phi) is 4.85. The molecule has 0 bridgehead atoms. The predicted molar refractivity (Wildman–Crippen MR) is 75.5 cm³/mol. The number of carbonyl (C=O) groups excluding carboxylic acids is 2. The number of aldehydes is 1. The summed E-state index contributed by atoms with van der Waals surface area (Å²) < 4.78 is 0. The van der Waals surface area contributed by atoms with E-state index < -0.39 is 0 Å². The van der Waals surface area contributed by atoms with Gasteiger partial charge in [-0.3, -0.25) is 9.59 Å². The van der Waals surface area contributed by atoms with Gasteiger partial charge in [-0.2, -0.15) is 0 Å². The fraction of sp³-hybridized carbons (Fsp3) is 0.500. The van der Waals surface area contributed by atoms with Crippen molar-refractivity contribution in [3.63, 3.8) is 0 Å². The summed E-state index contributed by atoms with van der Waals surface area (Å²) in [7, 11) is 0. The average molecular weight is 278 g/mol. The molecular weight excluding hydrogens is 260 g/mol. The summed E-state index contributed by atoms with van der Waals surface area (Å²) in [5.74, 6) is 0.605. The Morgan fingerprint density at radius 1 is 1.53 bits per heavy atom. The zero-order valence-electron chi connectivity index (χ0n) is 10.9. The van der Waals surface area contributed by atoms with Crippen molar-refractivity contribution in [1.82, 2.24) is 9.88 Å². The number of carbonyl (C=O) groups is 2. The quantitative estimate of drug-likeness (QED) is 0.614. The Morgan fingerprint density at radius 3 is 2.84 bits per heavy atom. The van der Waals surface area contributed by atoms with Gasteiger partial charge < -0.3 is 4.90 Å². The van der Waals surface area contributed by atoms with Gasteiger partial charge >= 0.3 is 0 Å². The number of amides is 1. The lowest BCUT2D eigenvalue weighted by Gasteiger charge is -2.31. The molecule has 0 aliphatic carbocycles. The molecule has 0 unspecified atom stereocenters. The number of aromatic nitrogens is 1. The summed E-state index contributed by atoms with van der Waals surface area (Å²) in [5.41, 5.74) is 0.518. The summed E-state index contributed by atoms with van der Waals surface area (Å²) in [6.07, 6.45) is 5.74. The van der Waals surface area contributed by atoms with E-state index in [-0.39, 0.29) is 5.91 Å². The Balaban J connectivity index is 1.86. The summed E-state index contributed by atoms with van der Waals surface area (Å²) in [5, 5.41) is 2.82. The molecule has 19 heavy (non-hydrogen) atoms. The van der Waals surface area contributed by atoms with Crippen LogP contribution in [0.5, 0.6) is 0 Å². The second-order valence-corrected chi connectivity index (χ2v) is 5.60. The van der Waals surface area contributed by atoms with Crippen LogP contribution < -0.4 is 0 Å². The molecule has 0 N–H and O–H groups in total. The molecule has 1 aromatic heterocycles. The number of allylic oxidation sites excluding steroid dienone is 1. The molecule has 102 valence electrons. The van der Waals surface area contributed by atoms with E-state index in [0.29, 0.717) is 18.0 Å². The van der Waals surface area contributed by atoms with Gasteiger partial charge in [-0.05, 0) is 19.3 Å². The van der Waals surface area contributed by atoms with E-state index in [1.807, 2.05) is 4.90 Å². The highest BCUT2D eigenvalue weighted by molar-refractivity contribution is 7.09.